The molecule has 0 fully saturated rings. The fraction of sp³-hybridized carbons (Fsp3) is 0.385. The number of nitro benzene ring substituents is 1. The molecule has 0 bridgehead atoms. The summed E-state index contributed by atoms with van der Waals surface area (Å²) in [6.07, 6.45) is 6.33. The van der Waals surface area contributed by atoms with Crippen LogP contribution in [-0.4, -0.2) is 19.4 Å². The third-order valence-corrected chi connectivity index (χ3v) is 4.42. The van der Waals surface area contributed by atoms with Crippen LogP contribution < -0.4 is 4.72 Å². The second-order valence-corrected chi connectivity index (χ2v) is 6.14. The molecule has 1 unspecified atom stereocenters. The van der Waals surface area contributed by atoms with Crippen molar-refractivity contribution in [1.82, 2.24) is 4.72 Å². The molecule has 0 aliphatic carbocycles. The maximum absolute atomic E-state index is 13.4. The number of sulfonamides is 1. The van der Waals surface area contributed by atoms with Crippen LogP contribution in [0.2, 0.25) is 0 Å². The second kappa shape index (κ2) is 6.65. The van der Waals surface area contributed by atoms with Crippen molar-refractivity contribution in [3.63, 3.8) is 0 Å². The number of hydrogen-bond donors (Lipinski definition) is 1. The van der Waals surface area contributed by atoms with Gasteiger partial charge in [0, 0.05) is 6.07 Å². The number of nitrogens with zero attached hydrogens (tertiary/aromatic N) is 1. The van der Waals surface area contributed by atoms with Gasteiger partial charge in [0.05, 0.1) is 15.9 Å². The smallest absolute Gasteiger partial charge is 0.258 e. The molecule has 1 rings (SSSR count). The zero-order chi connectivity index (χ0) is 16.2. The molecule has 21 heavy (non-hydrogen) atoms. The first-order chi connectivity index (χ1) is 9.72. The van der Waals surface area contributed by atoms with Gasteiger partial charge < -0.3 is 0 Å². The quantitative estimate of drug-likeness (QED) is 0.495. The molecule has 114 valence electrons. The van der Waals surface area contributed by atoms with Crippen LogP contribution in [-0.2, 0) is 10.0 Å². The van der Waals surface area contributed by atoms with E-state index in [1.165, 1.54) is 6.92 Å². The van der Waals surface area contributed by atoms with Gasteiger partial charge >= 0.3 is 5.69 Å². The van der Waals surface area contributed by atoms with Crippen LogP contribution in [0.5, 0.6) is 0 Å². The lowest BCUT2D eigenvalue weighted by atomic mass is 10.2. The Morgan fingerprint density at radius 2 is 2.14 bits per heavy atom. The van der Waals surface area contributed by atoms with Crippen molar-refractivity contribution in [1.29, 1.82) is 0 Å². The van der Waals surface area contributed by atoms with E-state index in [-0.39, 0.29) is 10.5 Å². The molecule has 0 amide bonds. The summed E-state index contributed by atoms with van der Waals surface area (Å²) in [5.74, 6) is 1.21. The van der Waals surface area contributed by atoms with E-state index >= 15 is 0 Å². The van der Waals surface area contributed by atoms with E-state index < -0.39 is 32.5 Å². The molecule has 1 atom stereocenters. The number of aryl methyl sites for hydroxylation is 1. The minimum absolute atomic E-state index is 0.0675. The highest BCUT2D eigenvalue weighted by Crippen LogP contribution is 2.25. The Kier molecular flexibility index (Phi) is 5.41. The average molecular weight is 314 g/mol. The maximum Gasteiger partial charge on any atom is 0.306 e. The summed E-state index contributed by atoms with van der Waals surface area (Å²) in [6, 6.07) is 0.799. The Labute approximate surface area is 122 Å². The van der Waals surface area contributed by atoms with Crippen molar-refractivity contribution in [2.24, 2.45) is 0 Å². The van der Waals surface area contributed by atoms with Crippen molar-refractivity contribution in [2.45, 2.75) is 37.6 Å². The van der Waals surface area contributed by atoms with E-state index in [9.17, 15) is 22.9 Å². The highest BCUT2D eigenvalue weighted by atomic mass is 32.2. The van der Waals surface area contributed by atoms with Crippen molar-refractivity contribution < 1.29 is 17.7 Å². The van der Waals surface area contributed by atoms with Gasteiger partial charge in [0.2, 0.25) is 15.8 Å². The lowest BCUT2D eigenvalue weighted by Gasteiger charge is -2.14. The third kappa shape index (κ3) is 4.00. The Balaban J connectivity index is 3.29. The van der Waals surface area contributed by atoms with E-state index in [0.717, 1.165) is 6.07 Å². The van der Waals surface area contributed by atoms with Gasteiger partial charge in [0.15, 0.2) is 0 Å². The first kappa shape index (κ1) is 17.1. The predicted octanol–water partition coefficient (Wildman–Crippen LogP) is 2.12. The molecule has 0 saturated carbocycles. The van der Waals surface area contributed by atoms with Crippen LogP contribution in [0, 0.1) is 35.2 Å². The molecular formula is C13H15FN2O4S. The fourth-order valence-corrected chi connectivity index (χ4v) is 3.22. The van der Waals surface area contributed by atoms with Gasteiger partial charge in [-0.15, -0.1) is 6.42 Å². The Bertz CT molecular complexity index is 695. The molecule has 0 aliphatic rings. The highest BCUT2D eigenvalue weighted by Gasteiger charge is 2.25. The second-order valence-electron chi connectivity index (χ2n) is 4.46. The zero-order valence-corrected chi connectivity index (χ0v) is 12.4. The standard InChI is InChI=1S/C13H15FN2O4S/c1-4-6-10(5-2)15-21(19,20)13-8-12(16(17)18)11(14)7-9(13)3/h2,7-8,10,15H,4,6H2,1,3H3. The van der Waals surface area contributed by atoms with Crippen molar-refractivity contribution >= 4 is 15.7 Å². The number of hydrogen-bond acceptors (Lipinski definition) is 4. The molecule has 1 aromatic carbocycles. The highest BCUT2D eigenvalue weighted by molar-refractivity contribution is 7.89. The van der Waals surface area contributed by atoms with E-state index in [1.807, 2.05) is 6.92 Å². The third-order valence-electron chi connectivity index (χ3n) is 2.81. The Morgan fingerprint density at radius 1 is 1.52 bits per heavy atom. The van der Waals surface area contributed by atoms with Gasteiger partial charge in [0.25, 0.3) is 0 Å². The van der Waals surface area contributed by atoms with Crippen LogP contribution >= 0.6 is 0 Å². The summed E-state index contributed by atoms with van der Waals surface area (Å²) in [7, 11) is -4.06. The summed E-state index contributed by atoms with van der Waals surface area (Å²) >= 11 is 0. The summed E-state index contributed by atoms with van der Waals surface area (Å²) in [4.78, 5) is 9.38. The zero-order valence-electron chi connectivity index (χ0n) is 11.6. The lowest BCUT2D eigenvalue weighted by molar-refractivity contribution is -0.387. The van der Waals surface area contributed by atoms with Crippen LogP contribution in [0.1, 0.15) is 25.3 Å². The van der Waals surface area contributed by atoms with Crippen molar-refractivity contribution in [2.75, 3.05) is 0 Å². The summed E-state index contributed by atoms with van der Waals surface area (Å²) in [6.45, 7) is 3.19. The first-order valence-electron chi connectivity index (χ1n) is 6.16. The van der Waals surface area contributed by atoms with Gasteiger partial charge in [-0.05, 0) is 25.0 Å². The molecule has 6 nitrogen and oxygen atoms in total. The molecule has 8 heteroatoms. The molecule has 0 aliphatic heterocycles. The largest absolute Gasteiger partial charge is 0.306 e. The number of terminal acetylenes is 1. The molecule has 0 saturated heterocycles. The Hall–Kier alpha value is -1.98. The van der Waals surface area contributed by atoms with Crippen LogP contribution in [0.4, 0.5) is 10.1 Å². The number of nitro groups is 1. The number of benzene rings is 1. The predicted molar refractivity (Wildman–Crippen MR) is 75.6 cm³/mol. The molecule has 0 radical (unpaired) electrons. The van der Waals surface area contributed by atoms with Crippen molar-refractivity contribution in [3.05, 3.63) is 33.6 Å². The van der Waals surface area contributed by atoms with Crippen molar-refractivity contribution in [3.8, 4) is 12.3 Å². The average Bonchev–Trinajstić information content (AvgIpc) is 2.37. The molecule has 1 aromatic rings. The fourth-order valence-electron chi connectivity index (χ4n) is 1.79. The number of halogens is 1. The van der Waals surface area contributed by atoms with Gasteiger partial charge in [0.1, 0.15) is 0 Å². The SMILES string of the molecule is C#CC(CCC)NS(=O)(=O)c1cc([N+](=O)[O-])c(F)cc1C. The minimum atomic E-state index is -4.06. The molecule has 0 aromatic heterocycles. The summed E-state index contributed by atoms with van der Waals surface area (Å²) < 4.78 is 40.2. The van der Waals surface area contributed by atoms with Gasteiger partial charge in [-0.3, -0.25) is 10.1 Å². The minimum Gasteiger partial charge on any atom is -0.258 e. The van der Waals surface area contributed by atoms with Gasteiger partial charge in [-0.25, -0.2) is 8.42 Å². The molecule has 1 N–H and O–H groups in total. The van der Waals surface area contributed by atoms with Crippen LogP contribution in [0.15, 0.2) is 17.0 Å². The van der Waals surface area contributed by atoms with E-state index in [4.69, 9.17) is 6.42 Å². The van der Waals surface area contributed by atoms with E-state index in [0.29, 0.717) is 18.9 Å². The molecule has 0 spiro atoms. The number of nitrogens with one attached hydrogen (secondary N) is 1. The van der Waals surface area contributed by atoms with E-state index in [1.54, 1.807) is 0 Å². The topological polar surface area (TPSA) is 89.3 Å². The Morgan fingerprint density at radius 3 is 2.62 bits per heavy atom. The van der Waals surface area contributed by atoms with Gasteiger partial charge in [-0.1, -0.05) is 19.3 Å². The first-order valence-corrected chi connectivity index (χ1v) is 7.64. The summed E-state index contributed by atoms with van der Waals surface area (Å²) in [5, 5.41) is 10.7. The van der Waals surface area contributed by atoms with Crippen LogP contribution in [0.3, 0.4) is 0 Å². The van der Waals surface area contributed by atoms with Crippen LogP contribution in [0.25, 0.3) is 0 Å². The monoisotopic (exact) mass is 314 g/mol. The van der Waals surface area contributed by atoms with Gasteiger partial charge in [-0.2, -0.15) is 9.11 Å². The maximum atomic E-state index is 13.4. The molecular weight excluding hydrogens is 299 g/mol. The molecule has 0 heterocycles. The van der Waals surface area contributed by atoms with E-state index in [2.05, 4.69) is 10.6 Å². The lowest BCUT2D eigenvalue weighted by Crippen LogP contribution is -2.34. The summed E-state index contributed by atoms with van der Waals surface area (Å²) in [5.41, 5.74) is -0.827. The number of rotatable bonds is 6. The normalized spacial score (nSPS) is 12.7.